The van der Waals surface area contributed by atoms with Crippen LogP contribution in [0.3, 0.4) is 0 Å². The van der Waals surface area contributed by atoms with Gasteiger partial charge in [-0.15, -0.1) is 0 Å². The van der Waals surface area contributed by atoms with Crippen molar-refractivity contribution in [3.63, 3.8) is 0 Å². The third-order valence-corrected chi connectivity index (χ3v) is 4.92. The summed E-state index contributed by atoms with van der Waals surface area (Å²) in [5, 5.41) is 9.23. The molecule has 0 atom stereocenters. The maximum absolute atomic E-state index is 12.6. The van der Waals surface area contributed by atoms with E-state index in [-0.39, 0.29) is 24.4 Å². The van der Waals surface area contributed by atoms with Gasteiger partial charge in [-0.25, -0.2) is 4.79 Å². The number of carbonyl (C=O) groups is 3. The summed E-state index contributed by atoms with van der Waals surface area (Å²) in [4.78, 5) is 37.7. The Morgan fingerprint density at radius 2 is 1.90 bits per heavy atom. The highest BCUT2D eigenvalue weighted by molar-refractivity contribution is 6.05. The highest BCUT2D eigenvalue weighted by atomic mass is 16.2. The first-order valence-electron chi connectivity index (χ1n) is 9.31. The lowest BCUT2D eigenvalue weighted by Gasteiger charge is -2.14. The van der Waals surface area contributed by atoms with Crippen LogP contribution in [0.4, 0.5) is 16.2 Å². The Kier molecular flexibility index (Phi) is 4.90. The lowest BCUT2D eigenvalue weighted by Crippen LogP contribution is -2.27. The van der Waals surface area contributed by atoms with Crippen molar-refractivity contribution in [2.45, 2.75) is 6.54 Å². The fourth-order valence-electron chi connectivity index (χ4n) is 3.35. The Balaban J connectivity index is 1.50. The summed E-state index contributed by atoms with van der Waals surface area (Å²) in [5.41, 5.74) is 2.75. The largest absolute Gasteiger partial charge is 0.358 e. The number of nitrogens with zero attached hydrogens (tertiary/aromatic N) is 2. The van der Waals surface area contributed by atoms with Crippen LogP contribution in [-0.4, -0.2) is 42.5 Å². The van der Waals surface area contributed by atoms with Crippen molar-refractivity contribution in [2.24, 2.45) is 0 Å². The maximum atomic E-state index is 12.6. The van der Waals surface area contributed by atoms with Gasteiger partial charge in [-0.1, -0.05) is 6.07 Å². The van der Waals surface area contributed by atoms with Gasteiger partial charge in [-0.2, -0.15) is 0 Å². The summed E-state index contributed by atoms with van der Waals surface area (Å²) >= 11 is 0. The molecule has 1 aliphatic heterocycles. The predicted molar refractivity (Wildman–Crippen MR) is 111 cm³/mol. The number of aromatic nitrogens is 1. The Bertz CT molecular complexity index is 1090. The third kappa shape index (κ3) is 3.77. The lowest BCUT2D eigenvalue weighted by atomic mass is 10.1. The van der Waals surface area contributed by atoms with Gasteiger partial charge in [0.25, 0.3) is 5.91 Å². The number of hydrogen-bond donors (Lipinski definition) is 3. The van der Waals surface area contributed by atoms with E-state index in [4.69, 9.17) is 0 Å². The first kappa shape index (κ1) is 18.5. The summed E-state index contributed by atoms with van der Waals surface area (Å²) in [6, 6.07) is 14.3. The van der Waals surface area contributed by atoms with E-state index >= 15 is 0 Å². The summed E-state index contributed by atoms with van der Waals surface area (Å²) < 4.78 is 1.83. The molecule has 8 nitrogen and oxygen atoms in total. The van der Waals surface area contributed by atoms with Gasteiger partial charge < -0.3 is 20.5 Å². The Morgan fingerprint density at radius 3 is 2.59 bits per heavy atom. The summed E-state index contributed by atoms with van der Waals surface area (Å²) in [6.07, 6.45) is 1.85. The minimum Gasteiger partial charge on any atom is -0.358 e. The van der Waals surface area contributed by atoms with Gasteiger partial charge in [-0.05, 0) is 47.9 Å². The van der Waals surface area contributed by atoms with Crippen molar-refractivity contribution in [1.82, 2.24) is 15.2 Å². The normalized spacial score (nSPS) is 13.4. The molecule has 4 rings (SSSR count). The number of urea groups is 1. The molecule has 3 aromatic rings. The van der Waals surface area contributed by atoms with Gasteiger partial charge >= 0.3 is 6.03 Å². The second-order valence-electron chi connectivity index (χ2n) is 6.77. The molecule has 0 spiro atoms. The molecule has 0 aliphatic carbocycles. The topological polar surface area (TPSA) is 95.5 Å². The molecule has 2 heterocycles. The zero-order chi connectivity index (χ0) is 20.4. The number of nitrogens with one attached hydrogen (secondary N) is 3. The molecule has 8 heteroatoms. The van der Waals surface area contributed by atoms with Gasteiger partial charge in [0.15, 0.2) is 0 Å². The number of anilines is 2. The zero-order valence-electron chi connectivity index (χ0n) is 15.9. The van der Waals surface area contributed by atoms with Crippen LogP contribution < -0.4 is 20.9 Å². The van der Waals surface area contributed by atoms with Crippen molar-refractivity contribution >= 4 is 40.1 Å². The van der Waals surface area contributed by atoms with Crippen LogP contribution >= 0.6 is 0 Å². The number of rotatable bonds is 5. The minimum atomic E-state index is -0.244. The highest BCUT2D eigenvalue weighted by Gasteiger charge is 2.21. The molecule has 148 valence electrons. The second-order valence-corrected chi connectivity index (χ2v) is 6.77. The van der Waals surface area contributed by atoms with Gasteiger partial charge in [0.2, 0.25) is 5.91 Å². The summed E-state index contributed by atoms with van der Waals surface area (Å²) in [7, 11) is 1.60. The second kappa shape index (κ2) is 7.67. The summed E-state index contributed by atoms with van der Waals surface area (Å²) in [6.45, 7) is 1.44. The van der Waals surface area contributed by atoms with Crippen LogP contribution in [0, 0.1) is 0 Å². The van der Waals surface area contributed by atoms with Gasteiger partial charge in [0, 0.05) is 43.3 Å². The van der Waals surface area contributed by atoms with Gasteiger partial charge in [-0.3, -0.25) is 14.5 Å². The van der Waals surface area contributed by atoms with Crippen LogP contribution in [0.2, 0.25) is 0 Å². The van der Waals surface area contributed by atoms with E-state index in [2.05, 4.69) is 16.0 Å². The fraction of sp³-hybridized carbons (Fsp3) is 0.190. The molecular formula is C21H21N5O3. The molecule has 0 unspecified atom stereocenters. The molecule has 1 aromatic heterocycles. The van der Waals surface area contributed by atoms with Crippen LogP contribution in [0.25, 0.3) is 10.9 Å². The molecule has 0 radical (unpaired) electrons. The van der Waals surface area contributed by atoms with Gasteiger partial charge in [0.1, 0.15) is 6.54 Å². The van der Waals surface area contributed by atoms with Crippen molar-refractivity contribution < 1.29 is 14.4 Å². The van der Waals surface area contributed by atoms with E-state index in [1.807, 2.05) is 35.0 Å². The van der Waals surface area contributed by atoms with Crippen LogP contribution in [0.15, 0.2) is 54.7 Å². The quantitative estimate of drug-likeness (QED) is 0.622. The molecule has 3 N–H and O–H groups in total. The molecule has 2 aromatic carbocycles. The highest BCUT2D eigenvalue weighted by Crippen LogP contribution is 2.22. The van der Waals surface area contributed by atoms with E-state index in [0.29, 0.717) is 24.3 Å². The Hall–Kier alpha value is -3.81. The average molecular weight is 391 g/mol. The van der Waals surface area contributed by atoms with Crippen LogP contribution in [0.1, 0.15) is 10.4 Å². The molecule has 0 bridgehead atoms. The number of amides is 4. The van der Waals surface area contributed by atoms with Crippen LogP contribution in [0.5, 0.6) is 0 Å². The Labute approximate surface area is 167 Å². The van der Waals surface area contributed by atoms with Crippen molar-refractivity contribution in [3.05, 3.63) is 60.3 Å². The third-order valence-electron chi connectivity index (χ3n) is 4.92. The minimum absolute atomic E-state index is 0.0938. The summed E-state index contributed by atoms with van der Waals surface area (Å²) in [5.74, 6) is -0.338. The number of likely N-dealkylation sites (N-methyl/N-ethyl adjacent to an activating group) is 1. The molecule has 1 aliphatic rings. The zero-order valence-corrected chi connectivity index (χ0v) is 15.9. The van der Waals surface area contributed by atoms with Crippen LogP contribution in [-0.2, 0) is 11.3 Å². The number of benzene rings is 2. The number of fused-ring (bicyclic) bond motifs is 1. The standard InChI is InChI=1S/C21H21N5O3/c1-22-19(27)13-25-10-8-14-2-5-16(12-18(14)25)24-20(28)15-3-6-17(7-4-15)26-11-9-23-21(26)29/h2-8,10,12H,9,11,13H2,1H3,(H,22,27)(H,23,29)(H,24,28). The lowest BCUT2D eigenvalue weighted by molar-refractivity contribution is -0.121. The van der Waals surface area contributed by atoms with Crippen molar-refractivity contribution in [2.75, 3.05) is 30.4 Å². The smallest absolute Gasteiger partial charge is 0.321 e. The van der Waals surface area contributed by atoms with E-state index in [1.165, 1.54) is 0 Å². The first-order valence-corrected chi connectivity index (χ1v) is 9.31. The molecule has 1 fully saturated rings. The molecule has 0 saturated carbocycles. The predicted octanol–water partition coefficient (Wildman–Crippen LogP) is 2.17. The average Bonchev–Trinajstić information content (AvgIpc) is 3.34. The molecule has 29 heavy (non-hydrogen) atoms. The maximum Gasteiger partial charge on any atom is 0.321 e. The van der Waals surface area contributed by atoms with Crippen molar-refractivity contribution in [3.8, 4) is 0 Å². The number of hydrogen-bond acceptors (Lipinski definition) is 3. The molecule has 1 saturated heterocycles. The van der Waals surface area contributed by atoms with Gasteiger partial charge in [0.05, 0.1) is 5.52 Å². The fourth-order valence-corrected chi connectivity index (χ4v) is 3.35. The van der Waals surface area contributed by atoms with E-state index in [0.717, 1.165) is 16.6 Å². The van der Waals surface area contributed by atoms with E-state index < -0.39 is 0 Å². The Morgan fingerprint density at radius 1 is 1.10 bits per heavy atom. The first-order chi connectivity index (χ1) is 14.0. The number of carbonyl (C=O) groups excluding carboxylic acids is 3. The molecular weight excluding hydrogens is 370 g/mol. The van der Waals surface area contributed by atoms with E-state index in [1.54, 1.807) is 36.2 Å². The monoisotopic (exact) mass is 391 g/mol. The SMILES string of the molecule is CNC(=O)Cn1ccc2ccc(NC(=O)c3ccc(N4CCNC4=O)cc3)cc21. The van der Waals surface area contributed by atoms with E-state index in [9.17, 15) is 14.4 Å². The van der Waals surface area contributed by atoms with Crippen molar-refractivity contribution in [1.29, 1.82) is 0 Å². The molecule has 4 amide bonds.